The average Bonchev–Trinajstić information content (AvgIpc) is 2.17. The highest BCUT2D eigenvalue weighted by atomic mass is 28.3. The standard InChI is InChI=1S/C12H22OSi/c1-10-9-11(2)7-6-8-12(10,13-11)14(3,4)5/h1,6-9H2,2-5H3/t11-,12-/m0/s1. The molecule has 0 aromatic carbocycles. The van der Waals surface area contributed by atoms with Gasteiger partial charge in [-0.15, -0.1) is 0 Å². The van der Waals surface area contributed by atoms with Gasteiger partial charge in [0.25, 0.3) is 0 Å². The quantitative estimate of drug-likeness (QED) is 0.475. The minimum Gasteiger partial charge on any atom is -0.368 e. The molecule has 2 heteroatoms. The van der Waals surface area contributed by atoms with Crippen molar-refractivity contribution in [2.75, 3.05) is 0 Å². The third-order valence-corrected chi connectivity index (χ3v) is 7.15. The van der Waals surface area contributed by atoms with Crippen molar-refractivity contribution in [3.8, 4) is 0 Å². The maximum atomic E-state index is 6.41. The van der Waals surface area contributed by atoms with Crippen LogP contribution in [0.1, 0.15) is 32.6 Å². The zero-order chi connectivity index (χ0) is 10.6. The van der Waals surface area contributed by atoms with Crippen molar-refractivity contribution in [1.82, 2.24) is 0 Å². The molecule has 2 aliphatic rings. The highest BCUT2D eigenvalue weighted by Gasteiger charge is 2.58. The number of fused-ring (bicyclic) bond motifs is 2. The Balaban J connectivity index is 2.41. The van der Waals surface area contributed by atoms with Crippen molar-refractivity contribution in [1.29, 1.82) is 0 Å². The smallest absolute Gasteiger partial charge is 0.0877 e. The minimum atomic E-state index is -1.30. The summed E-state index contributed by atoms with van der Waals surface area (Å²) in [5.74, 6) is 0. The van der Waals surface area contributed by atoms with E-state index in [9.17, 15) is 0 Å². The highest BCUT2D eigenvalue weighted by molar-refractivity contribution is 6.79. The van der Waals surface area contributed by atoms with Gasteiger partial charge in [0.15, 0.2) is 0 Å². The molecule has 0 saturated carbocycles. The first kappa shape index (κ1) is 10.4. The van der Waals surface area contributed by atoms with E-state index in [1.54, 1.807) is 0 Å². The molecular formula is C12H22OSi. The predicted octanol–water partition coefficient (Wildman–Crippen LogP) is 3.52. The van der Waals surface area contributed by atoms with Crippen molar-refractivity contribution in [3.63, 3.8) is 0 Å². The average molecular weight is 210 g/mol. The second-order valence-corrected chi connectivity index (χ2v) is 11.6. The van der Waals surface area contributed by atoms with E-state index in [0.717, 1.165) is 6.42 Å². The van der Waals surface area contributed by atoms with E-state index in [4.69, 9.17) is 4.74 Å². The molecule has 0 unspecified atom stereocenters. The molecule has 2 rings (SSSR count). The Hall–Kier alpha value is -0.0831. The summed E-state index contributed by atoms with van der Waals surface area (Å²) >= 11 is 0. The van der Waals surface area contributed by atoms with E-state index in [-0.39, 0.29) is 10.8 Å². The predicted molar refractivity (Wildman–Crippen MR) is 63.2 cm³/mol. The molecule has 2 aliphatic heterocycles. The molecule has 0 aliphatic carbocycles. The highest BCUT2D eigenvalue weighted by Crippen LogP contribution is 2.54. The number of rotatable bonds is 1. The van der Waals surface area contributed by atoms with Crippen molar-refractivity contribution in [3.05, 3.63) is 12.2 Å². The molecule has 0 N–H and O–H groups in total. The van der Waals surface area contributed by atoms with Crippen LogP contribution >= 0.6 is 0 Å². The molecule has 1 nitrogen and oxygen atoms in total. The second kappa shape index (κ2) is 2.73. The molecule has 14 heavy (non-hydrogen) atoms. The van der Waals surface area contributed by atoms with Gasteiger partial charge in [-0.2, -0.15) is 0 Å². The Labute approximate surface area is 88.5 Å². The molecular weight excluding hydrogens is 188 g/mol. The summed E-state index contributed by atoms with van der Waals surface area (Å²) in [5.41, 5.74) is 1.51. The van der Waals surface area contributed by atoms with Gasteiger partial charge in [-0.25, -0.2) is 0 Å². The minimum absolute atomic E-state index is 0.0972. The first-order chi connectivity index (χ1) is 6.29. The molecule has 80 valence electrons. The molecule has 2 heterocycles. The fourth-order valence-corrected chi connectivity index (χ4v) is 5.89. The number of hydrogen-bond acceptors (Lipinski definition) is 1. The van der Waals surface area contributed by atoms with Crippen LogP contribution in [-0.2, 0) is 4.74 Å². The summed E-state index contributed by atoms with van der Waals surface area (Å²) in [7, 11) is -1.30. The first-order valence-corrected chi connectivity index (χ1v) is 9.18. The Kier molecular flexibility index (Phi) is 2.04. The van der Waals surface area contributed by atoms with Gasteiger partial charge in [-0.1, -0.05) is 26.2 Å². The van der Waals surface area contributed by atoms with Gasteiger partial charge in [0.1, 0.15) is 0 Å². The zero-order valence-corrected chi connectivity index (χ0v) is 10.9. The van der Waals surface area contributed by atoms with Crippen LogP contribution in [0.4, 0.5) is 0 Å². The van der Waals surface area contributed by atoms with Gasteiger partial charge >= 0.3 is 0 Å². The summed E-state index contributed by atoms with van der Waals surface area (Å²) in [6.45, 7) is 13.8. The second-order valence-electron chi connectivity index (χ2n) is 6.26. The third kappa shape index (κ3) is 1.23. The van der Waals surface area contributed by atoms with E-state index < -0.39 is 8.07 Å². The van der Waals surface area contributed by atoms with Crippen LogP contribution in [0.25, 0.3) is 0 Å². The summed E-state index contributed by atoms with van der Waals surface area (Å²) in [4.78, 5) is 0. The largest absolute Gasteiger partial charge is 0.368 e. The Morgan fingerprint density at radius 1 is 1.29 bits per heavy atom. The molecule has 2 saturated heterocycles. The van der Waals surface area contributed by atoms with Gasteiger partial charge in [0, 0.05) is 0 Å². The summed E-state index contributed by atoms with van der Waals surface area (Å²) < 4.78 is 6.41. The summed E-state index contributed by atoms with van der Waals surface area (Å²) in [6, 6.07) is 0. The molecule has 2 fully saturated rings. The SMILES string of the molecule is C=C1C[C@]2(C)CCC[C@@]1([Si](C)(C)C)O2. The van der Waals surface area contributed by atoms with E-state index in [1.165, 1.54) is 24.8 Å². The summed E-state index contributed by atoms with van der Waals surface area (Å²) in [6.07, 6.45) is 4.85. The summed E-state index contributed by atoms with van der Waals surface area (Å²) in [5, 5.41) is 0.0972. The fraction of sp³-hybridized carbons (Fsp3) is 0.833. The monoisotopic (exact) mass is 210 g/mol. The lowest BCUT2D eigenvalue weighted by Crippen LogP contribution is -2.55. The topological polar surface area (TPSA) is 9.23 Å². The van der Waals surface area contributed by atoms with E-state index in [0.29, 0.717) is 0 Å². The van der Waals surface area contributed by atoms with Crippen LogP contribution in [0.5, 0.6) is 0 Å². The van der Waals surface area contributed by atoms with E-state index in [1.807, 2.05) is 0 Å². The maximum absolute atomic E-state index is 6.41. The molecule has 2 atom stereocenters. The molecule has 0 aromatic rings. The molecule has 0 radical (unpaired) electrons. The van der Waals surface area contributed by atoms with Gasteiger partial charge in [-0.05, 0) is 38.2 Å². The van der Waals surface area contributed by atoms with E-state index >= 15 is 0 Å². The Bertz CT molecular complexity index is 279. The number of ether oxygens (including phenoxy) is 1. The van der Waals surface area contributed by atoms with Crippen molar-refractivity contribution in [2.45, 2.75) is 63.1 Å². The lowest BCUT2D eigenvalue weighted by Gasteiger charge is -2.46. The lowest BCUT2D eigenvalue weighted by molar-refractivity contribution is -0.0869. The van der Waals surface area contributed by atoms with Crippen molar-refractivity contribution >= 4 is 8.07 Å². The van der Waals surface area contributed by atoms with Crippen LogP contribution in [0.2, 0.25) is 19.6 Å². The first-order valence-electron chi connectivity index (χ1n) is 5.68. The van der Waals surface area contributed by atoms with Crippen molar-refractivity contribution < 1.29 is 4.74 Å². The van der Waals surface area contributed by atoms with Crippen LogP contribution in [0.3, 0.4) is 0 Å². The van der Waals surface area contributed by atoms with Crippen LogP contribution in [0, 0.1) is 0 Å². The van der Waals surface area contributed by atoms with E-state index in [2.05, 4.69) is 33.1 Å². The van der Waals surface area contributed by atoms with Crippen molar-refractivity contribution in [2.24, 2.45) is 0 Å². The Morgan fingerprint density at radius 2 is 1.93 bits per heavy atom. The zero-order valence-electron chi connectivity index (χ0n) is 9.94. The van der Waals surface area contributed by atoms with Gasteiger partial charge in [0.2, 0.25) is 0 Å². The molecule has 2 bridgehead atoms. The fourth-order valence-electron chi connectivity index (χ4n) is 3.26. The lowest BCUT2D eigenvalue weighted by atomic mass is 9.97. The molecule has 0 aromatic heterocycles. The van der Waals surface area contributed by atoms with Crippen LogP contribution < -0.4 is 0 Å². The normalized spacial score (nSPS) is 43.0. The van der Waals surface area contributed by atoms with Crippen LogP contribution in [0.15, 0.2) is 12.2 Å². The Morgan fingerprint density at radius 3 is 2.43 bits per heavy atom. The third-order valence-electron chi connectivity index (χ3n) is 4.03. The van der Waals surface area contributed by atoms with Gasteiger partial charge in [-0.3, -0.25) is 0 Å². The molecule has 0 spiro atoms. The maximum Gasteiger partial charge on any atom is 0.0877 e. The molecule has 0 amide bonds. The number of hydrogen-bond donors (Lipinski definition) is 0. The van der Waals surface area contributed by atoms with Gasteiger partial charge < -0.3 is 4.74 Å². The van der Waals surface area contributed by atoms with Crippen LogP contribution in [-0.4, -0.2) is 18.9 Å². The van der Waals surface area contributed by atoms with Gasteiger partial charge in [0.05, 0.1) is 18.9 Å².